The van der Waals surface area contributed by atoms with Gasteiger partial charge >= 0.3 is 5.97 Å². The molecule has 1 fully saturated rings. The minimum atomic E-state index is -2.59. The maximum absolute atomic E-state index is 12.5. The zero-order chi connectivity index (χ0) is 11.8. The van der Waals surface area contributed by atoms with Gasteiger partial charge in [0.1, 0.15) is 5.82 Å². The fraction of sp³-hybridized carbons (Fsp3) is 0.444. The van der Waals surface area contributed by atoms with E-state index in [0.717, 1.165) is 6.20 Å². The summed E-state index contributed by atoms with van der Waals surface area (Å²) in [5, 5.41) is 11.3. The zero-order valence-corrected chi connectivity index (χ0v) is 8.15. The Bertz CT molecular complexity index is 400. The average molecular weight is 229 g/mol. The van der Waals surface area contributed by atoms with E-state index >= 15 is 0 Å². The third-order valence-electron chi connectivity index (χ3n) is 2.31. The maximum Gasteiger partial charge on any atom is 0.356 e. The lowest BCUT2D eigenvalue weighted by Crippen LogP contribution is -2.44. The summed E-state index contributed by atoms with van der Waals surface area (Å²) in [6, 6.07) is -0.319. The van der Waals surface area contributed by atoms with Crippen LogP contribution >= 0.6 is 0 Å². The second-order valence-electron chi connectivity index (χ2n) is 3.70. The number of halogens is 2. The summed E-state index contributed by atoms with van der Waals surface area (Å²) in [5.74, 6) is -3.45. The number of hydrogen-bond acceptors (Lipinski definition) is 4. The van der Waals surface area contributed by atoms with Crippen molar-refractivity contribution in [1.29, 1.82) is 0 Å². The number of nitrogens with one attached hydrogen (secondary N) is 1. The first-order valence-electron chi connectivity index (χ1n) is 4.66. The molecule has 0 spiro atoms. The molecule has 0 saturated heterocycles. The molecule has 1 aliphatic carbocycles. The smallest absolute Gasteiger partial charge is 0.356 e. The lowest BCUT2D eigenvalue weighted by atomic mass is 9.88. The molecule has 0 amide bonds. The molecule has 2 rings (SSSR count). The van der Waals surface area contributed by atoms with E-state index in [9.17, 15) is 13.6 Å². The molecule has 7 heteroatoms. The Morgan fingerprint density at radius 2 is 2.12 bits per heavy atom. The molecule has 1 saturated carbocycles. The van der Waals surface area contributed by atoms with Gasteiger partial charge in [0.2, 0.25) is 0 Å². The van der Waals surface area contributed by atoms with Gasteiger partial charge in [0.15, 0.2) is 5.69 Å². The highest BCUT2D eigenvalue weighted by atomic mass is 19.3. The van der Waals surface area contributed by atoms with Crippen molar-refractivity contribution >= 4 is 11.8 Å². The standard InChI is InChI=1S/C9H9F2N3O2/c10-9(11)1-5(2-9)14-7-4-12-6(3-13-7)8(15)16/h3-5H,1-2H2,(H,13,14)(H,15,16). The Kier molecular flexibility index (Phi) is 2.45. The third-order valence-corrected chi connectivity index (χ3v) is 2.31. The Hall–Kier alpha value is -1.79. The molecule has 0 atom stereocenters. The van der Waals surface area contributed by atoms with E-state index in [1.54, 1.807) is 0 Å². The molecule has 1 aromatic heterocycles. The van der Waals surface area contributed by atoms with E-state index in [-0.39, 0.29) is 24.6 Å². The van der Waals surface area contributed by atoms with E-state index in [0.29, 0.717) is 5.82 Å². The lowest BCUT2D eigenvalue weighted by molar-refractivity contribution is -0.0794. The van der Waals surface area contributed by atoms with Crippen molar-refractivity contribution < 1.29 is 18.7 Å². The van der Waals surface area contributed by atoms with Crippen LogP contribution in [0.2, 0.25) is 0 Å². The molecule has 5 nitrogen and oxygen atoms in total. The van der Waals surface area contributed by atoms with Crippen molar-refractivity contribution in [2.45, 2.75) is 24.8 Å². The highest BCUT2D eigenvalue weighted by Gasteiger charge is 2.45. The van der Waals surface area contributed by atoms with Crippen LogP contribution in [-0.4, -0.2) is 33.0 Å². The number of anilines is 1. The summed E-state index contributed by atoms with van der Waals surface area (Å²) in [6.45, 7) is 0. The second kappa shape index (κ2) is 3.66. The monoisotopic (exact) mass is 229 g/mol. The molecule has 1 heterocycles. The van der Waals surface area contributed by atoms with Crippen molar-refractivity contribution in [3.63, 3.8) is 0 Å². The van der Waals surface area contributed by atoms with Crippen LogP contribution in [0.1, 0.15) is 23.3 Å². The predicted molar refractivity (Wildman–Crippen MR) is 50.6 cm³/mol. The van der Waals surface area contributed by atoms with Crippen LogP contribution in [0.15, 0.2) is 12.4 Å². The fourth-order valence-electron chi connectivity index (χ4n) is 1.49. The van der Waals surface area contributed by atoms with E-state index in [4.69, 9.17) is 5.11 Å². The predicted octanol–water partition coefficient (Wildman–Crippen LogP) is 1.38. The van der Waals surface area contributed by atoms with E-state index < -0.39 is 11.9 Å². The van der Waals surface area contributed by atoms with Gasteiger partial charge in [-0.25, -0.2) is 23.5 Å². The molecule has 0 aromatic carbocycles. The fourth-order valence-corrected chi connectivity index (χ4v) is 1.49. The Labute approximate surface area is 89.5 Å². The number of rotatable bonds is 3. The third kappa shape index (κ3) is 2.23. The van der Waals surface area contributed by atoms with Crippen LogP contribution in [0, 0.1) is 0 Å². The first-order chi connectivity index (χ1) is 7.46. The summed E-state index contributed by atoms with van der Waals surface area (Å²) in [6.07, 6.45) is 1.85. The van der Waals surface area contributed by atoms with Crippen molar-refractivity contribution in [3.05, 3.63) is 18.1 Å². The Morgan fingerprint density at radius 1 is 1.44 bits per heavy atom. The SMILES string of the molecule is O=C(O)c1cnc(NC2CC(F)(F)C2)cn1. The second-order valence-corrected chi connectivity index (χ2v) is 3.70. The van der Waals surface area contributed by atoms with Crippen molar-refractivity contribution in [2.75, 3.05) is 5.32 Å². The molecule has 86 valence electrons. The van der Waals surface area contributed by atoms with Gasteiger partial charge in [0, 0.05) is 18.9 Å². The number of aromatic carboxylic acids is 1. The molecule has 0 radical (unpaired) electrons. The summed E-state index contributed by atoms with van der Waals surface area (Å²) in [7, 11) is 0. The molecular formula is C9H9F2N3O2. The summed E-state index contributed by atoms with van der Waals surface area (Å²) in [5.41, 5.74) is -0.176. The maximum atomic E-state index is 12.5. The van der Waals surface area contributed by atoms with Gasteiger partial charge in [-0.2, -0.15) is 0 Å². The lowest BCUT2D eigenvalue weighted by Gasteiger charge is -2.35. The van der Waals surface area contributed by atoms with Gasteiger partial charge in [0.25, 0.3) is 5.92 Å². The highest BCUT2D eigenvalue weighted by molar-refractivity contribution is 5.84. The molecule has 1 aliphatic rings. The van der Waals surface area contributed by atoms with E-state index in [1.165, 1.54) is 6.20 Å². The van der Waals surface area contributed by atoms with Gasteiger partial charge in [-0.1, -0.05) is 0 Å². The van der Waals surface area contributed by atoms with E-state index in [1.807, 2.05) is 0 Å². The summed E-state index contributed by atoms with van der Waals surface area (Å²) >= 11 is 0. The number of carbonyl (C=O) groups is 1. The van der Waals surface area contributed by atoms with Crippen LogP contribution in [0.4, 0.5) is 14.6 Å². The minimum absolute atomic E-state index is 0.176. The van der Waals surface area contributed by atoms with Crippen LogP contribution in [-0.2, 0) is 0 Å². The van der Waals surface area contributed by atoms with Crippen LogP contribution in [0.3, 0.4) is 0 Å². The summed E-state index contributed by atoms with van der Waals surface area (Å²) < 4.78 is 25.0. The first-order valence-corrected chi connectivity index (χ1v) is 4.66. The Balaban J connectivity index is 1.94. The summed E-state index contributed by atoms with van der Waals surface area (Å²) in [4.78, 5) is 17.8. The van der Waals surface area contributed by atoms with Crippen molar-refractivity contribution in [1.82, 2.24) is 9.97 Å². The number of carboxylic acid groups (broad SMARTS) is 1. The van der Waals surface area contributed by atoms with Crippen LogP contribution in [0.5, 0.6) is 0 Å². The molecular weight excluding hydrogens is 220 g/mol. The number of aromatic nitrogens is 2. The molecule has 0 aliphatic heterocycles. The van der Waals surface area contributed by atoms with Gasteiger partial charge in [-0.3, -0.25) is 0 Å². The number of alkyl halides is 2. The minimum Gasteiger partial charge on any atom is -0.476 e. The van der Waals surface area contributed by atoms with Gasteiger partial charge in [-0.15, -0.1) is 0 Å². The largest absolute Gasteiger partial charge is 0.476 e. The number of nitrogens with zero attached hydrogens (tertiary/aromatic N) is 2. The molecule has 2 N–H and O–H groups in total. The van der Waals surface area contributed by atoms with Gasteiger partial charge < -0.3 is 10.4 Å². The topological polar surface area (TPSA) is 75.1 Å². The van der Waals surface area contributed by atoms with Crippen LogP contribution in [0.25, 0.3) is 0 Å². The first kappa shape index (κ1) is 10.7. The number of hydrogen-bond donors (Lipinski definition) is 2. The van der Waals surface area contributed by atoms with Crippen LogP contribution < -0.4 is 5.32 Å². The quantitative estimate of drug-likeness (QED) is 0.819. The molecule has 16 heavy (non-hydrogen) atoms. The van der Waals surface area contributed by atoms with Crippen molar-refractivity contribution in [3.8, 4) is 0 Å². The van der Waals surface area contributed by atoms with E-state index in [2.05, 4.69) is 15.3 Å². The van der Waals surface area contributed by atoms with Gasteiger partial charge in [0.05, 0.1) is 12.4 Å². The number of carboxylic acids is 1. The average Bonchev–Trinajstić information content (AvgIpc) is 2.15. The molecule has 0 bridgehead atoms. The molecule has 1 aromatic rings. The Morgan fingerprint density at radius 3 is 2.56 bits per heavy atom. The van der Waals surface area contributed by atoms with Crippen molar-refractivity contribution in [2.24, 2.45) is 0 Å². The molecule has 0 unspecified atom stereocenters. The van der Waals surface area contributed by atoms with Gasteiger partial charge in [-0.05, 0) is 0 Å². The normalized spacial score (nSPS) is 18.9. The highest BCUT2D eigenvalue weighted by Crippen LogP contribution is 2.38. The zero-order valence-electron chi connectivity index (χ0n) is 8.15.